The Hall–Kier alpha value is -2.82. The lowest BCUT2D eigenvalue weighted by Crippen LogP contribution is -2.44. The van der Waals surface area contributed by atoms with Crippen LogP contribution in [0.25, 0.3) is 0 Å². The molecule has 0 aromatic heterocycles. The summed E-state index contributed by atoms with van der Waals surface area (Å²) in [5.41, 5.74) is 3.28. The Bertz CT molecular complexity index is 814. The highest BCUT2D eigenvalue weighted by atomic mass is 16.5. The van der Waals surface area contributed by atoms with E-state index in [0.29, 0.717) is 6.54 Å². The number of hydrogen-bond acceptors (Lipinski definition) is 4. The maximum absolute atomic E-state index is 12.7. The van der Waals surface area contributed by atoms with E-state index in [1.165, 1.54) is 5.56 Å². The van der Waals surface area contributed by atoms with E-state index in [-0.39, 0.29) is 11.9 Å². The number of rotatable bonds is 4. The number of methoxy groups -OCH3 is 1. The number of carbonyl (C=O) groups is 1. The van der Waals surface area contributed by atoms with Crippen molar-refractivity contribution in [3.8, 4) is 5.75 Å². The molecule has 0 bridgehead atoms. The van der Waals surface area contributed by atoms with Gasteiger partial charge in [-0.2, -0.15) is 0 Å². The van der Waals surface area contributed by atoms with Crippen molar-refractivity contribution in [2.24, 2.45) is 4.99 Å². The first kappa shape index (κ1) is 15.7. The van der Waals surface area contributed by atoms with Crippen molar-refractivity contribution in [3.05, 3.63) is 59.7 Å². The van der Waals surface area contributed by atoms with E-state index >= 15 is 0 Å². The number of ether oxygens (including phenoxy) is 1. The molecule has 1 amide bonds. The highest BCUT2D eigenvalue weighted by molar-refractivity contribution is 5.95. The number of fused-ring (bicyclic) bond motifs is 2. The number of amidine groups is 1. The van der Waals surface area contributed by atoms with Crippen molar-refractivity contribution in [3.63, 3.8) is 0 Å². The third-order valence-electron chi connectivity index (χ3n) is 4.86. The van der Waals surface area contributed by atoms with Gasteiger partial charge >= 0.3 is 0 Å². The number of hydrogen-bond donors (Lipinski definition) is 1. The van der Waals surface area contributed by atoms with Gasteiger partial charge in [-0.1, -0.05) is 30.3 Å². The zero-order valence-corrected chi connectivity index (χ0v) is 14.2. The third-order valence-corrected chi connectivity index (χ3v) is 4.86. The van der Waals surface area contributed by atoms with Gasteiger partial charge in [0.25, 0.3) is 0 Å². The van der Waals surface area contributed by atoms with Gasteiger partial charge in [0.15, 0.2) is 0 Å². The van der Waals surface area contributed by atoms with Crippen molar-refractivity contribution in [1.82, 2.24) is 10.2 Å². The number of carbonyl (C=O) groups excluding carboxylic acids is 1. The summed E-state index contributed by atoms with van der Waals surface area (Å²) in [6.07, 6.45) is 1.68. The van der Waals surface area contributed by atoms with Crippen molar-refractivity contribution in [2.45, 2.75) is 32.0 Å². The normalized spacial score (nSPS) is 18.2. The highest BCUT2D eigenvalue weighted by Crippen LogP contribution is 2.32. The fourth-order valence-electron chi connectivity index (χ4n) is 3.47. The molecule has 5 nitrogen and oxygen atoms in total. The lowest BCUT2D eigenvalue weighted by molar-refractivity contribution is -0.125. The van der Waals surface area contributed by atoms with Gasteiger partial charge in [-0.25, -0.2) is 4.99 Å². The van der Waals surface area contributed by atoms with Crippen LogP contribution in [0.2, 0.25) is 0 Å². The van der Waals surface area contributed by atoms with Crippen LogP contribution in [0.1, 0.15) is 24.0 Å². The van der Waals surface area contributed by atoms with E-state index in [2.05, 4.69) is 16.3 Å². The Kier molecular flexibility index (Phi) is 4.14. The summed E-state index contributed by atoms with van der Waals surface area (Å²) in [6, 6.07) is 15.8. The third kappa shape index (κ3) is 3.09. The second-order valence-electron chi connectivity index (χ2n) is 6.40. The fourth-order valence-corrected chi connectivity index (χ4v) is 3.47. The molecule has 2 aliphatic rings. The van der Waals surface area contributed by atoms with Crippen LogP contribution in [0.4, 0.5) is 5.69 Å². The smallest absolute Gasteiger partial charge is 0.243 e. The predicted molar refractivity (Wildman–Crippen MR) is 96.9 cm³/mol. The molecule has 0 radical (unpaired) electrons. The van der Waals surface area contributed by atoms with Gasteiger partial charge in [0, 0.05) is 19.5 Å². The standard InChI is InChI=1S/C20H21N3O2/c1-25-16-8-6-14(7-9-16)12-21-20(24)18-10-11-19-22-17-5-3-2-4-15(17)13-23(18)19/h2-9,18H,10-13H2,1H3,(H,21,24)/t18-/m0/s1. The molecule has 0 aliphatic carbocycles. The first-order valence-corrected chi connectivity index (χ1v) is 8.57. The van der Waals surface area contributed by atoms with Crippen molar-refractivity contribution < 1.29 is 9.53 Å². The molecule has 2 aromatic rings. The Labute approximate surface area is 147 Å². The molecule has 4 rings (SSSR count). The molecular formula is C20H21N3O2. The molecular weight excluding hydrogens is 314 g/mol. The highest BCUT2D eigenvalue weighted by Gasteiger charge is 2.36. The number of nitrogens with zero attached hydrogens (tertiary/aromatic N) is 2. The van der Waals surface area contributed by atoms with Crippen LogP contribution < -0.4 is 10.1 Å². The molecule has 1 N–H and O–H groups in total. The van der Waals surface area contributed by atoms with Gasteiger partial charge < -0.3 is 15.0 Å². The molecule has 25 heavy (non-hydrogen) atoms. The summed E-state index contributed by atoms with van der Waals surface area (Å²) >= 11 is 0. The molecule has 128 valence electrons. The lowest BCUT2D eigenvalue weighted by Gasteiger charge is -2.29. The number of nitrogens with one attached hydrogen (secondary N) is 1. The second kappa shape index (κ2) is 6.59. The molecule has 1 atom stereocenters. The molecule has 1 saturated heterocycles. The van der Waals surface area contributed by atoms with E-state index in [1.807, 2.05) is 42.5 Å². The Balaban J connectivity index is 1.41. The molecule has 5 heteroatoms. The summed E-state index contributed by atoms with van der Waals surface area (Å²) < 4.78 is 5.16. The van der Waals surface area contributed by atoms with E-state index in [1.54, 1.807) is 7.11 Å². The summed E-state index contributed by atoms with van der Waals surface area (Å²) in [4.78, 5) is 19.5. The maximum Gasteiger partial charge on any atom is 0.243 e. The van der Waals surface area contributed by atoms with Gasteiger partial charge in [0.2, 0.25) is 5.91 Å². The van der Waals surface area contributed by atoms with Gasteiger partial charge in [0.05, 0.1) is 12.8 Å². The molecule has 2 aromatic carbocycles. The van der Waals surface area contributed by atoms with Crippen LogP contribution >= 0.6 is 0 Å². The number of benzene rings is 2. The quantitative estimate of drug-likeness (QED) is 0.934. The van der Waals surface area contributed by atoms with E-state index in [4.69, 9.17) is 9.73 Å². The largest absolute Gasteiger partial charge is 0.497 e. The molecule has 1 fully saturated rings. The summed E-state index contributed by atoms with van der Waals surface area (Å²) in [7, 11) is 1.65. The van der Waals surface area contributed by atoms with E-state index in [0.717, 1.165) is 42.2 Å². The second-order valence-corrected chi connectivity index (χ2v) is 6.40. The van der Waals surface area contributed by atoms with Gasteiger partial charge in [-0.05, 0) is 35.7 Å². The molecule has 0 unspecified atom stereocenters. The monoisotopic (exact) mass is 335 g/mol. The van der Waals surface area contributed by atoms with Gasteiger partial charge in [-0.3, -0.25) is 4.79 Å². The van der Waals surface area contributed by atoms with Crippen molar-refractivity contribution >= 4 is 17.4 Å². The number of amides is 1. The number of aliphatic imine (C=N–C) groups is 1. The lowest BCUT2D eigenvalue weighted by atomic mass is 10.1. The Morgan fingerprint density at radius 3 is 2.84 bits per heavy atom. The average molecular weight is 335 g/mol. The first-order chi connectivity index (χ1) is 12.2. The van der Waals surface area contributed by atoms with Crippen molar-refractivity contribution in [1.29, 1.82) is 0 Å². The van der Waals surface area contributed by atoms with Crippen LogP contribution in [0.15, 0.2) is 53.5 Å². The zero-order valence-electron chi connectivity index (χ0n) is 14.2. The minimum Gasteiger partial charge on any atom is -0.497 e. The van der Waals surface area contributed by atoms with E-state index < -0.39 is 0 Å². The van der Waals surface area contributed by atoms with Crippen molar-refractivity contribution in [2.75, 3.05) is 7.11 Å². The summed E-state index contributed by atoms with van der Waals surface area (Å²) in [5.74, 6) is 1.92. The Morgan fingerprint density at radius 1 is 1.24 bits per heavy atom. The van der Waals surface area contributed by atoms with Gasteiger partial charge in [0.1, 0.15) is 17.6 Å². The van der Waals surface area contributed by atoms with Crippen LogP contribution in [0, 0.1) is 0 Å². The first-order valence-electron chi connectivity index (χ1n) is 8.57. The van der Waals surface area contributed by atoms with Crippen LogP contribution in [-0.2, 0) is 17.9 Å². The van der Waals surface area contributed by atoms with Crippen LogP contribution in [-0.4, -0.2) is 29.8 Å². The average Bonchev–Trinajstić information content (AvgIpc) is 3.07. The zero-order chi connectivity index (χ0) is 17.2. The van der Waals surface area contributed by atoms with Gasteiger partial charge in [-0.15, -0.1) is 0 Å². The van der Waals surface area contributed by atoms with Crippen LogP contribution in [0.5, 0.6) is 5.75 Å². The summed E-state index contributed by atoms with van der Waals surface area (Å²) in [5, 5.41) is 3.06. The maximum atomic E-state index is 12.7. The van der Waals surface area contributed by atoms with Crippen LogP contribution in [0.3, 0.4) is 0 Å². The minimum atomic E-state index is -0.134. The predicted octanol–water partition coefficient (Wildman–Crippen LogP) is 3.02. The fraction of sp³-hybridized carbons (Fsp3) is 0.300. The molecule has 0 saturated carbocycles. The topological polar surface area (TPSA) is 53.9 Å². The molecule has 2 heterocycles. The SMILES string of the molecule is COc1ccc(CNC(=O)[C@@H]2CCC3=Nc4ccccc4CN32)cc1. The molecule has 0 spiro atoms. The van der Waals surface area contributed by atoms with E-state index in [9.17, 15) is 4.79 Å². The Morgan fingerprint density at radius 2 is 2.04 bits per heavy atom. The molecule has 2 aliphatic heterocycles. The number of para-hydroxylation sites is 1. The summed E-state index contributed by atoms with van der Waals surface area (Å²) in [6.45, 7) is 1.28. The minimum absolute atomic E-state index is 0.0698.